The van der Waals surface area contributed by atoms with E-state index in [1.54, 1.807) is 0 Å². The van der Waals surface area contributed by atoms with Gasteiger partial charge in [-0.05, 0) is 18.8 Å². The van der Waals surface area contributed by atoms with E-state index in [1.807, 2.05) is 0 Å². The molecule has 0 radical (unpaired) electrons. The molecule has 0 spiro atoms. The largest absolute Gasteiger partial charge is 0.368 e. The number of rotatable bonds is 1. The number of nitrogen functional groups attached to an aromatic ring is 1. The van der Waals surface area contributed by atoms with Gasteiger partial charge < -0.3 is 5.73 Å². The van der Waals surface area contributed by atoms with Gasteiger partial charge in [0.25, 0.3) is 0 Å². The third kappa shape index (κ3) is 2.00. The zero-order chi connectivity index (χ0) is 9.97. The Balaban J connectivity index is 2.08. The van der Waals surface area contributed by atoms with Crippen LogP contribution in [-0.4, -0.2) is 15.0 Å². The summed E-state index contributed by atoms with van der Waals surface area (Å²) in [6.45, 7) is 2.30. The van der Waals surface area contributed by atoms with E-state index < -0.39 is 0 Å². The quantitative estimate of drug-likeness (QED) is 0.736. The zero-order valence-corrected chi connectivity index (χ0v) is 8.48. The molecular formula is C10H16N4. The summed E-state index contributed by atoms with van der Waals surface area (Å²) in [4.78, 5) is 12.2. The van der Waals surface area contributed by atoms with Gasteiger partial charge in [-0.2, -0.15) is 4.98 Å². The fourth-order valence-electron chi connectivity index (χ4n) is 2.04. The maximum atomic E-state index is 5.53. The summed E-state index contributed by atoms with van der Waals surface area (Å²) in [6.07, 6.45) is 6.43. The lowest BCUT2D eigenvalue weighted by Crippen LogP contribution is -2.14. The monoisotopic (exact) mass is 192 g/mol. The first kappa shape index (κ1) is 9.37. The van der Waals surface area contributed by atoms with Crippen molar-refractivity contribution in [2.75, 3.05) is 5.73 Å². The van der Waals surface area contributed by atoms with Crippen molar-refractivity contribution in [3.8, 4) is 0 Å². The number of hydrogen-bond donors (Lipinski definition) is 1. The van der Waals surface area contributed by atoms with Crippen molar-refractivity contribution >= 4 is 5.95 Å². The molecule has 76 valence electrons. The molecule has 0 saturated heterocycles. The van der Waals surface area contributed by atoms with Crippen LogP contribution >= 0.6 is 0 Å². The van der Waals surface area contributed by atoms with Crippen LogP contribution in [-0.2, 0) is 0 Å². The van der Waals surface area contributed by atoms with Crippen molar-refractivity contribution in [2.24, 2.45) is 5.92 Å². The molecule has 1 fully saturated rings. The van der Waals surface area contributed by atoms with Gasteiger partial charge in [-0.25, -0.2) is 9.97 Å². The molecule has 1 aliphatic carbocycles. The molecule has 0 bridgehead atoms. The van der Waals surface area contributed by atoms with Crippen molar-refractivity contribution in [1.29, 1.82) is 0 Å². The molecule has 2 rings (SSSR count). The molecule has 1 heterocycles. The molecule has 4 nitrogen and oxygen atoms in total. The van der Waals surface area contributed by atoms with Crippen LogP contribution in [0.4, 0.5) is 5.95 Å². The maximum absolute atomic E-state index is 5.53. The van der Waals surface area contributed by atoms with Gasteiger partial charge in [-0.1, -0.05) is 19.8 Å². The Kier molecular flexibility index (Phi) is 2.61. The Hall–Kier alpha value is -1.19. The van der Waals surface area contributed by atoms with Crippen LogP contribution in [0.15, 0.2) is 6.33 Å². The molecule has 1 aromatic heterocycles. The first-order chi connectivity index (χ1) is 6.75. The van der Waals surface area contributed by atoms with E-state index in [0.717, 1.165) is 11.7 Å². The van der Waals surface area contributed by atoms with E-state index in [4.69, 9.17) is 5.73 Å². The SMILES string of the molecule is CC1CCC(c2ncnc(N)n2)CC1. The number of aromatic nitrogens is 3. The normalized spacial score (nSPS) is 27.5. The molecule has 0 unspecified atom stereocenters. The van der Waals surface area contributed by atoms with Gasteiger partial charge >= 0.3 is 0 Å². The van der Waals surface area contributed by atoms with Gasteiger partial charge in [0.05, 0.1) is 0 Å². The summed E-state index contributed by atoms with van der Waals surface area (Å²) in [6, 6.07) is 0. The third-order valence-corrected chi connectivity index (χ3v) is 2.99. The second-order valence-corrected chi connectivity index (χ2v) is 4.16. The maximum Gasteiger partial charge on any atom is 0.223 e. The highest BCUT2D eigenvalue weighted by Crippen LogP contribution is 2.33. The molecule has 4 heteroatoms. The van der Waals surface area contributed by atoms with Gasteiger partial charge in [0.15, 0.2) is 0 Å². The van der Waals surface area contributed by atoms with Crippen LogP contribution in [0.3, 0.4) is 0 Å². The standard InChI is InChI=1S/C10H16N4/c1-7-2-4-8(5-3-7)9-12-6-13-10(11)14-9/h6-8H,2-5H2,1H3,(H2,11,12,13,14). The fourth-order valence-corrected chi connectivity index (χ4v) is 2.04. The van der Waals surface area contributed by atoms with Crippen LogP contribution in [0.5, 0.6) is 0 Å². The average Bonchev–Trinajstić information content (AvgIpc) is 2.19. The van der Waals surface area contributed by atoms with Crippen molar-refractivity contribution < 1.29 is 0 Å². The second kappa shape index (κ2) is 3.90. The second-order valence-electron chi connectivity index (χ2n) is 4.16. The molecule has 0 aliphatic heterocycles. The molecule has 1 saturated carbocycles. The summed E-state index contributed by atoms with van der Waals surface area (Å²) in [5.74, 6) is 2.57. The lowest BCUT2D eigenvalue weighted by atomic mass is 9.82. The summed E-state index contributed by atoms with van der Waals surface area (Å²) in [7, 11) is 0. The summed E-state index contributed by atoms with van der Waals surface area (Å²) < 4.78 is 0. The summed E-state index contributed by atoms with van der Waals surface area (Å²) in [5.41, 5.74) is 5.53. The van der Waals surface area contributed by atoms with Crippen molar-refractivity contribution in [1.82, 2.24) is 15.0 Å². The van der Waals surface area contributed by atoms with E-state index in [2.05, 4.69) is 21.9 Å². The molecule has 0 aromatic carbocycles. The summed E-state index contributed by atoms with van der Waals surface area (Å²) in [5, 5.41) is 0. The molecule has 0 amide bonds. The molecule has 1 aliphatic rings. The van der Waals surface area contributed by atoms with Crippen LogP contribution in [0.2, 0.25) is 0 Å². The lowest BCUT2D eigenvalue weighted by Gasteiger charge is -2.24. The topological polar surface area (TPSA) is 64.7 Å². The lowest BCUT2D eigenvalue weighted by molar-refractivity contribution is 0.339. The molecule has 2 N–H and O–H groups in total. The number of nitrogens with zero attached hydrogens (tertiary/aromatic N) is 3. The van der Waals surface area contributed by atoms with Gasteiger partial charge in [0.1, 0.15) is 12.2 Å². The molecular weight excluding hydrogens is 176 g/mol. The highest BCUT2D eigenvalue weighted by molar-refractivity contribution is 5.14. The molecule has 14 heavy (non-hydrogen) atoms. The Labute approximate surface area is 84.0 Å². The zero-order valence-electron chi connectivity index (χ0n) is 8.48. The van der Waals surface area contributed by atoms with Crippen LogP contribution < -0.4 is 5.73 Å². The van der Waals surface area contributed by atoms with Crippen LogP contribution in [0.25, 0.3) is 0 Å². The summed E-state index contributed by atoms with van der Waals surface area (Å²) >= 11 is 0. The van der Waals surface area contributed by atoms with Gasteiger partial charge in [0, 0.05) is 5.92 Å². The number of nitrogens with two attached hydrogens (primary N) is 1. The molecule has 1 aromatic rings. The van der Waals surface area contributed by atoms with Crippen molar-refractivity contribution in [3.63, 3.8) is 0 Å². The highest BCUT2D eigenvalue weighted by atomic mass is 15.1. The molecule has 0 atom stereocenters. The van der Waals surface area contributed by atoms with E-state index in [0.29, 0.717) is 11.9 Å². The number of anilines is 1. The minimum atomic E-state index is 0.341. The van der Waals surface area contributed by atoms with Gasteiger partial charge in [0.2, 0.25) is 5.95 Å². The first-order valence-corrected chi connectivity index (χ1v) is 5.20. The third-order valence-electron chi connectivity index (χ3n) is 2.99. The number of hydrogen-bond acceptors (Lipinski definition) is 4. The minimum absolute atomic E-state index is 0.341. The average molecular weight is 192 g/mol. The Morgan fingerprint density at radius 1 is 1.21 bits per heavy atom. The Morgan fingerprint density at radius 2 is 1.93 bits per heavy atom. The minimum Gasteiger partial charge on any atom is -0.368 e. The van der Waals surface area contributed by atoms with E-state index in [9.17, 15) is 0 Å². The first-order valence-electron chi connectivity index (χ1n) is 5.20. The predicted molar refractivity (Wildman–Crippen MR) is 54.6 cm³/mol. The van der Waals surface area contributed by atoms with Gasteiger partial charge in [-0.15, -0.1) is 0 Å². The smallest absolute Gasteiger partial charge is 0.223 e. The van der Waals surface area contributed by atoms with E-state index in [1.165, 1.54) is 32.0 Å². The van der Waals surface area contributed by atoms with E-state index >= 15 is 0 Å². The Bertz CT molecular complexity index is 305. The highest BCUT2D eigenvalue weighted by Gasteiger charge is 2.21. The van der Waals surface area contributed by atoms with Crippen LogP contribution in [0, 0.1) is 5.92 Å². The van der Waals surface area contributed by atoms with Crippen molar-refractivity contribution in [2.45, 2.75) is 38.5 Å². The fraction of sp³-hybridized carbons (Fsp3) is 0.700. The van der Waals surface area contributed by atoms with Crippen molar-refractivity contribution in [3.05, 3.63) is 12.2 Å². The van der Waals surface area contributed by atoms with Crippen LogP contribution in [0.1, 0.15) is 44.3 Å². The van der Waals surface area contributed by atoms with E-state index in [-0.39, 0.29) is 0 Å². The van der Waals surface area contributed by atoms with Gasteiger partial charge in [-0.3, -0.25) is 0 Å². The predicted octanol–water partition coefficient (Wildman–Crippen LogP) is 1.75. The Morgan fingerprint density at radius 3 is 2.57 bits per heavy atom.